The number of hydrogen-bond acceptors (Lipinski definition) is 6. The Morgan fingerprint density at radius 2 is 2.26 bits per heavy atom. The van der Waals surface area contributed by atoms with Crippen molar-refractivity contribution in [3.05, 3.63) is 27.8 Å². The first-order chi connectivity index (χ1) is 11.2. The molecule has 0 unspecified atom stereocenters. The molecule has 0 radical (unpaired) electrons. The van der Waals surface area contributed by atoms with Crippen molar-refractivity contribution in [3.8, 4) is 0 Å². The van der Waals surface area contributed by atoms with E-state index in [1.807, 2.05) is 25.3 Å². The highest BCUT2D eigenvalue weighted by Crippen LogP contribution is 2.21. The zero-order chi connectivity index (χ0) is 16.2. The van der Waals surface area contributed by atoms with Crippen LogP contribution in [0.2, 0.25) is 0 Å². The molecule has 0 spiro atoms. The van der Waals surface area contributed by atoms with Crippen molar-refractivity contribution in [3.63, 3.8) is 0 Å². The van der Waals surface area contributed by atoms with Gasteiger partial charge in [0.15, 0.2) is 0 Å². The average molecular weight is 334 g/mol. The van der Waals surface area contributed by atoms with E-state index in [0.717, 1.165) is 49.3 Å². The standard InChI is InChI=1S/C16H22N4O2S/c1-3-13-18-16(19-22-13)20-7-4-12(5-8-20)10-17-15(21)14-11(2)6-9-23-14/h6,9,12H,3-5,7-8,10H2,1-2H3,(H,17,21). The summed E-state index contributed by atoms with van der Waals surface area (Å²) in [5.74, 6) is 1.93. The van der Waals surface area contributed by atoms with Crippen LogP contribution in [0, 0.1) is 12.8 Å². The Labute approximate surface area is 139 Å². The molecule has 0 aromatic carbocycles. The third-order valence-corrected chi connectivity index (χ3v) is 5.29. The second-order valence-corrected chi connectivity index (χ2v) is 6.83. The van der Waals surface area contributed by atoms with Crippen molar-refractivity contribution in [2.75, 3.05) is 24.5 Å². The van der Waals surface area contributed by atoms with E-state index >= 15 is 0 Å². The molecule has 2 aromatic rings. The van der Waals surface area contributed by atoms with E-state index in [-0.39, 0.29) is 5.91 Å². The minimum Gasteiger partial charge on any atom is -0.351 e. The van der Waals surface area contributed by atoms with E-state index in [1.54, 1.807) is 0 Å². The summed E-state index contributed by atoms with van der Waals surface area (Å²) in [6, 6.07) is 1.98. The maximum absolute atomic E-state index is 12.1. The minimum atomic E-state index is 0.0469. The van der Waals surface area contributed by atoms with Gasteiger partial charge in [-0.3, -0.25) is 4.79 Å². The topological polar surface area (TPSA) is 71.3 Å². The van der Waals surface area contributed by atoms with E-state index in [2.05, 4.69) is 20.4 Å². The number of carbonyl (C=O) groups excluding carboxylic acids is 1. The van der Waals surface area contributed by atoms with Gasteiger partial charge in [-0.05, 0) is 47.8 Å². The second-order valence-electron chi connectivity index (χ2n) is 5.91. The fourth-order valence-electron chi connectivity index (χ4n) is 2.78. The van der Waals surface area contributed by atoms with Gasteiger partial charge in [0.05, 0.1) is 4.88 Å². The number of hydrogen-bond donors (Lipinski definition) is 1. The van der Waals surface area contributed by atoms with Gasteiger partial charge in [-0.25, -0.2) is 0 Å². The quantitative estimate of drug-likeness (QED) is 0.910. The molecule has 0 saturated carbocycles. The van der Waals surface area contributed by atoms with Crippen LogP contribution in [-0.2, 0) is 6.42 Å². The molecule has 0 aliphatic carbocycles. The van der Waals surface area contributed by atoms with Crippen LogP contribution in [0.1, 0.15) is 40.9 Å². The lowest BCUT2D eigenvalue weighted by molar-refractivity contribution is 0.0948. The van der Waals surface area contributed by atoms with Gasteiger partial charge in [-0.1, -0.05) is 6.92 Å². The lowest BCUT2D eigenvalue weighted by Gasteiger charge is -2.30. The summed E-state index contributed by atoms with van der Waals surface area (Å²) in [5.41, 5.74) is 1.05. The van der Waals surface area contributed by atoms with Crippen LogP contribution in [0.25, 0.3) is 0 Å². The Morgan fingerprint density at radius 3 is 2.87 bits per heavy atom. The van der Waals surface area contributed by atoms with E-state index in [0.29, 0.717) is 17.8 Å². The van der Waals surface area contributed by atoms with Gasteiger partial charge in [0.1, 0.15) is 0 Å². The molecule has 1 aliphatic rings. The van der Waals surface area contributed by atoms with Crippen LogP contribution >= 0.6 is 11.3 Å². The van der Waals surface area contributed by atoms with Crippen LogP contribution in [0.5, 0.6) is 0 Å². The molecule has 124 valence electrons. The maximum Gasteiger partial charge on any atom is 0.266 e. The first-order valence-corrected chi connectivity index (χ1v) is 8.95. The molecule has 0 bridgehead atoms. The number of nitrogens with zero attached hydrogens (tertiary/aromatic N) is 3. The third-order valence-electron chi connectivity index (χ3n) is 4.28. The van der Waals surface area contributed by atoms with E-state index < -0.39 is 0 Å². The van der Waals surface area contributed by atoms with Gasteiger partial charge in [0, 0.05) is 26.1 Å². The Morgan fingerprint density at radius 1 is 1.48 bits per heavy atom. The molecule has 6 nitrogen and oxygen atoms in total. The number of nitrogens with one attached hydrogen (secondary N) is 1. The predicted molar refractivity (Wildman–Crippen MR) is 90.0 cm³/mol. The van der Waals surface area contributed by atoms with Crippen LogP contribution < -0.4 is 10.2 Å². The Hall–Kier alpha value is -1.89. The maximum atomic E-state index is 12.1. The van der Waals surface area contributed by atoms with E-state index in [1.165, 1.54) is 11.3 Å². The smallest absolute Gasteiger partial charge is 0.266 e. The monoisotopic (exact) mass is 334 g/mol. The molecule has 0 atom stereocenters. The SMILES string of the molecule is CCc1nc(N2CCC(CNC(=O)c3sccc3C)CC2)no1. The summed E-state index contributed by atoms with van der Waals surface area (Å²) in [5, 5.41) is 9.05. The molecule has 23 heavy (non-hydrogen) atoms. The molecule has 1 amide bonds. The Bertz CT molecular complexity index is 659. The van der Waals surface area contributed by atoms with E-state index in [4.69, 9.17) is 4.52 Å². The average Bonchev–Trinajstić information content (AvgIpc) is 3.22. The fraction of sp³-hybridized carbons (Fsp3) is 0.562. The summed E-state index contributed by atoms with van der Waals surface area (Å²) in [6.07, 6.45) is 2.82. The second kappa shape index (κ2) is 7.12. The van der Waals surface area contributed by atoms with Crippen LogP contribution in [0.4, 0.5) is 5.95 Å². The Kier molecular flexibility index (Phi) is 4.95. The van der Waals surface area contributed by atoms with Gasteiger partial charge < -0.3 is 14.7 Å². The highest BCUT2D eigenvalue weighted by Gasteiger charge is 2.23. The number of anilines is 1. The molecule has 2 aromatic heterocycles. The third kappa shape index (κ3) is 3.72. The number of thiophene rings is 1. The zero-order valence-electron chi connectivity index (χ0n) is 13.5. The first kappa shape index (κ1) is 16.0. The zero-order valence-corrected chi connectivity index (χ0v) is 14.4. The number of aryl methyl sites for hydroxylation is 2. The van der Waals surface area contributed by atoms with E-state index in [9.17, 15) is 4.79 Å². The number of rotatable bonds is 5. The summed E-state index contributed by atoms with van der Waals surface area (Å²) in [6.45, 7) is 6.51. The number of piperidine rings is 1. The summed E-state index contributed by atoms with van der Waals surface area (Å²) < 4.78 is 5.17. The number of aromatic nitrogens is 2. The largest absolute Gasteiger partial charge is 0.351 e. The molecule has 1 saturated heterocycles. The number of amides is 1. The van der Waals surface area contributed by atoms with Crippen LogP contribution in [0.3, 0.4) is 0 Å². The summed E-state index contributed by atoms with van der Waals surface area (Å²) in [7, 11) is 0. The normalized spacial score (nSPS) is 15.8. The van der Waals surface area contributed by atoms with Gasteiger partial charge >= 0.3 is 0 Å². The molecular formula is C16H22N4O2S. The predicted octanol–water partition coefficient (Wildman–Crippen LogP) is 2.65. The fourth-order valence-corrected chi connectivity index (χ4v) is 3.62. The van der Waals surface area contributed by atoms with Crippen molar-refractivity contribution in [2.45, 2.75) is 33.1 Å². The molecular weight excluding hydrogens is 312 g/mol. The number of carbonyl (C=O) groups is 1. The molecule has 3 heterocycles. The van der Waals surface area contributed by atoms with Gasteiger partial charge in [-0.2, -0.15) is 4.98 Å². The van der Waals surface area contributed by atoms with Crippen LogP contribution in [0.15, 0.2) is 16.0 Å². The lowest BCUT2D eigenvalue weighted by atomic mass is 9.97. The van der Waals surface area contributed by atoms with Crippen molar-refractivity contribution < 1.29 is 9.32 Å². The molecule has 1 N–H and O–H groups in total. The lowest BCUT2D eigenvalue weighted by Crippen LogP contribution is -2.39. The highest BCUT2D eigenvalue weighted by atomic mass is 32.1. The van der Waals surface area contributed by atoms with Crippen molar-refractivity contribution >= 4 is 23.2 Å². The highest BCUT2D eigenvalue weighted by molar-refractivity contribution is 7.12. The van der Waals surface area contributed by atoms with Gasteiger partial charge in [-0.15, -0.1) is 11.3 Å². The first-order valence-electron chi connectivity index (χ1n) is 8.07. The summed E-state index contributed by atoms with van der Waals surface area (Å²) >= 11 is 1.50. The van der Waals surface area contributed by atoms with Crippen molar-refractivity contribution in [1.29, 1.82) is 0 Å². The van der Waals surface area contributed by atoms with Gasteiger partial charge in [0.2, 0.25) is 5.89 Å². The van der Waals surface area contributed by atoms with Gasteiger partial charge in [0.25, 0.3) is 11.9 Å². The molecule has 3 rings (SSSR count). The Balaban J connectivity index is 1.46. The minimum absolute atomic E-state index is 0.0469. The van der Waals surface area contributed by atoms with Crippen molar-refractivity contribution in [1.82, 2.24) is 15.5 Å². The summed E-state index contributed by atoms with van der Waals surface area (Å²) in [4.78, 5) is 19.5. The van der Waals surface area contributed by atoms with Crippen LogP contribution in [-0.4, -0.2) is 35.7 Å². The molecule has 7 heteroatoms. The molecule has 1 aliphatic heterocycles. The van der Waals surface area contributed by atoms with Crippen molar-refractivity contribution in [2.24, 2.45) is 5.92 Å². The molecule has 1 fully saturated rings.